The van der Waals surface area contributed by atoms with Crippen LogP contribution in [0.15, 0.2) is 66.7 Å². The van der Waals surface area contributed by atoms with E-state index in [0.29, 0.717) is 22.5 Å². The summed E-state index contributed by atoms with van der Waals surface area (Å²) in [5.41, 5.74) is 1.19. The number of hydrogen-bond acceptors (Lipinski definition) is 4. The predicted octanol–water partition coefficient (Wildman–Crippen LogP) is 4.59. The van der Waals surface area contributed by atoms with Crippen LogP contribution < -0.4 is 9.62 Å². The van der Waals surface area contributed by atoms with E-state index >= 15 is 0 Å². The molecular formula is C27H32ClN3O4S. The number of anilines is 1. The van der Waals surface area contributed by atoms with Crippen LogP contribution in [-0.4, -0.2) is 50.0 Å². The monoisotopic (exact) mass is 529 g/mol. The zero-order valence-corrected chi connectivity index (χ0v) is 22.5. The van der Waals surface area contributed by atoms with Gasteiger partial charge in [-0.25, -0.2) is 8.42 Å². The van der Waals surface area contributed by atoms with E-state index in [2.05, 4.69) is 5.32 Å². The third-order valence-electron chi connectivity index (χ3n) is 5.80. The number of benzene rings is 3. The fraction of sp³-hybridized carbons (Fsp3) is 0.333. The van der Waals surface area contributed by atoms with Crippen molar-refractivity contribution < 1.29 is 18.0 Å². The van der Waals surface area contributed by atoms with Gasteiger partial charge in [0, 0.05) is 23.0 Å². The minimum Gasteiger partial charge on any atom is -0.352 e. The Bertz CT molecular complexity index is 1320. The van der Waals surface area contributed by atoms with Crippen molar-refractivity contribution in [2.75, 3.05) is 17.1 Å². The molecule has 0 aromatic heterocycles. The summed E-state index contributed by atoms with van der Waals surface area (Å²) >= 11 is 6.02. The Labute approximate surface area is 218 Å². The molecule has 0 heterocycles. The van der Waals surface area contributed by atoms with Crippen molar-refractivity contribution in [2.24, 2.45) is 0 Å². The Morgan fingerprint density at radius 2 is 1.61 bits per heavy atom. The Morgan fingerprint density at radius 3 is 2.22 bits per heavy atom. The van der Waals surface area contributed by atoms with Gasteiger partial charge in [0.2, 0.25) is 21.8 Å². The van der Waals surface area contributed by atoms with Gasteiger partial charge in [0.05, 0.1) is 11.9 Å². The first-order valence-electron chi connectivity index (χ1n) is 11.8. The molecule has 0 saturated carbocycles. The van der Waals surface area contributed by atoms with Crippen molar-refractivity contribution in [3.63, 3.8) is 0 Å². The number of carbonyl (C=O) groups is 2. The van der Waals surface area contributed by atoms with Crippen LogP contribution in [0.3, 0.4) is 0 Å². The minimum atomic E-state index is -3.82. The van der Waals surface area contributed by atoms with Gasteiger partial charge in [0.25, 0.3) is 0 Å². The molecule has 3 rings (SSSR count). The van der Waals surface area contributed by atoms with E-state index in [1.807, 2.05) is 51.1 Å². The number of fused-ring (bicyclic) bond motifs is 1. The van der Waals surface area contributed by atoms with Gasteiger partial charge in [0.15, 0.2) is 0 Å². The van der Waals surface area contributed by atoms with Crippen LogP contribution in [-0.2, 0) is 26.2 Å². The van der Waals surface area contributed by atoms with Gasteiger partial charge in [-0.15, -0.1) is 0 Å². The van der Waals surface area contributed by atoms with Gasteiger partial charge in [-0.1, -0.05) is 67.1 Å². The molecule has 1 N–H and O–H groups in total. The Morgan fingerprint density at radius 1 is 0.972 bits per heavy atom. The van der Waals surface area contributed by atoms with Crippen LogP contribution in [0.4, 0.5) is 5.69 Å². The molecule has 36 heavy (non-hydrogen) atoms. The van der Waals surface area contributed by atoms with Crippen molar-refractivity contribution in [3.05, 3.63) is 77.3 Å². The van der Waals surface area contributed by atoms with Gasteiger partial charge < -0.3 is 10.2 Å². The largest absolute Gasteiger partial charge is 0.352 e. The average molecular weight is 530 g/mol. The van der Waals surface area contributed by atoms with E-state index in [9.17, 15) is 18.0 Å². The number of nitrogens with zero attached hydrogens (tertiary/aromatic N) is 2. The highest BCUT2D eigenvalue weighted by Crippen LogP contribution is 2.29. The fourth-order valence-electron chi connectivity index (χ4n) is 4.11. The first-order chi connectivity index (χ1) is 17.0. The second kappa shape index (κ2) is 11.8. The molecule has 0 saturated heterocycles. The smallest absolute Gasteiger partial charge is 0.244 e. The number of halogens is 1. The van der Waals surface area contributed by atoms with Crippen LogP contribution in [0.2, 0.25) is 5.02 Å². The summed E-state index contributed by atoms with van der Waals surface area (Å²) in [5, 5.41) is 5.01. The zero-order chi connectivity index (χ0) is 26.5. The molecule has 192 valence electrons. The summed E-state index contributed by atoms with van der Waals surface area (Å²) < 4.78 is 26.9. The van der Waals surface area contributed by atoms with Crippen molar-refractivity contribution in [1.29, 1.82) is 0 Å². The molecule has 9 heteroatoms. The summed E-state index contributed by atoms with van der Waals surface area (Å²) in [5.74, 6) is -0.764. The highest BCUT2D eigenvalue weighted by atomic mass is 35.5. The molecule has 0 radical (unpaired) electrons. The first kappa shape index (κ1) is 27.5. The molecule has 0 unspecified atom stereocenters. The van der Waals surface area contributed by atoms with Crippen LogP contribution in [0.5, 0.6) is 0 Å². The molecule has 0 spiro atoms. The maximum atomic E-state index is 13.8. The van der Waals surface area contributed by atoms with Gasteiger partial charge in [-0.2, -0.15) is 0 Å². The molecule has 7 nitrogen and oxygen atoms in total. The molecule has 0 fully saturated rings. The molecule has 0 aliphatic rings. The van der Waals surface area contributed by atoms with E-state index < -0.39 is 28.5 Å². The normalized spacial score (nSPS) is 12.4. The van der Waals surface area contributed by atoms with Crippen molar-refractivity contribution >= 4 is 49.9 Å². The Kier molecular flexibility index (Phi) is 8.98. The van der Waals surface area contributed by atoms with E-state index in [-0.39, 0.29) is 18.5 Å². The number of amides is 2. The van der Waals surface area contributed by atoms with Crippen LogP contribution in [0, 0.1) is 0 Å². The molecule has 3 aromatic rings. The summed E-state index contributed by atoms with van der Waals surface area (Å²) in [4.78, 5) is 28.3. The third-order valence-corrected chi connectivity index (χ3v) is 7.18. The van der Waals surface area contributed by atoms with Gasteiger partial charge in [-0.05, 0) is 49.4 Å². The van der Waals surface area contributed by atoms with Gasteiger partial charge >= 0.3 is 0 Å². The lowest BCUT2D eigenvalue weighted by Crippen LogP contribution is -2.53. The first-order valence-corrected chi connectivity index (χ1v) is 14.0. The van der Waals surface area contributed by atoms with E-state index in [0.717, 1.165) is 21.5 Å². The maximum Gasteiger partial charge on any atom is 0.244 e. The number of rotatable bonds is 10. The third kappa shape index (κ3) is 6.77. The highest BCUT2D eigenvalue weighted by molar-refractivity contribution is 7.92. The predicted molar refractivity (Wildman–Crippen MR) is 145 cm³/mol. The van der Waals surface area contributed by atoms with Crippen molar-refractivity contribution in [3.8, 4) is 0 Å². The summed E-state index contributed by atoms with van der Waals surface area (Å²) in [7, 11) is -3.82. The van der Waals surface area contributed by atoms with Crippen LogP contribution >= 0.6 is 11.6 Å². The molecular weight excluding hydrogens is 498 g/mol. The van der Waals surface area contributed by atoms with Gasteiger partial charge in [-0.3, -0.25) is 13.9 Å². The Balaban J connectivity index is 2.02. The second-order valence-corrected chi connectivity index (χ2v) is 11.3. The number of carbonyl (C=O) groups excluding carboxylic acids is 2. The second-order valence-electron chi connectivity index (χ2n) is 9.00. The van der Waals surface area contributed by atoms with Crippen LogP contribution in [0.1, 0.15) is 32.8 Å². The number of sulfonamides is 1. The zero-order valence-electron chi connectivity index (χ0n) is 20.9. The van der Waals surface area contributed by atoms with Crippen molar-refractivity contribution in [2.45, 2.75) is 45.8 Å². The van der Waals surface area contributed by atoms with Crippen LogP contribution in [0.25, 0.3) is 10.8 Å². The van der Waals surface area contributed by atoms with E-state index in [1.165, 1.54) is 4.90 Å². The summed E-state index contributed by atoms with van der Waals surface area (Å²) in [6.07, 6.45) is 1.44. The SMILES string of the molecule is CC[C@@H](C(=O)NC(C)C)N(Cc1ccc(Cl)cc1)C(=O)CN(c1cccc2ccccc12)S(C)(=O)=O. The van der Waals surface area contributed by atoms with E-state index in [1.54, 1.807) is 36.4 Å². The number of nitrogens with one attached hydrogen (secondary N) is 1. The van der Waals surface area contributed by atoms with Crippen molar-refractivity contribution in [1.82, 2.24) is 10.2 Å². The molecule has 0 aliphatic carbocycles. The number of hydrogen-bond donors (Lipinski definition) is 1. The summed E-state index contributed by atoms with van der Waals surface area (Å²) in [6, 6.07) is 18.9. The standard InChI is InChI=1S/C27H32ClN3O4S/c1-5-24(27(33)29-19(2)3)30(17-20-13-15-22(28)16-14-20)26(32)18-31(36(4,34)35)25-12-8-10-21-9-6-7-11-23(21)25/h6-16,19,24H,5,17-18H2,1-4H3,(H,29,33)/t24-/m0/s1. The lowest BCUT2D eigenvalue weighted by atomic mass is 10.1. The minimum absolute atomic E-state index is 0.109. The fourth-order valence-corrected chi connectivity index (χ4v) is 5.09. The van der Waals surface area contributed by atoms with Gasteiger partial charge in [0.1, 0.15) is 12.6 Å². The lowest BCUT2D eigenvalue weighted by Gasteiger charge is -2.33. The molecule has 1 atom stereocenters. The maximum absolute atomic E-state index is 13.8. The quantitative estimate of drug-likeness (QED) is 0.416. The molecule has 2 amide bonds. The van der Waals surface area contributed by atoms with E-state index in [4.69, 9.17) is 11.6 Å². The topological polar surface area (TPSA) is 86.8 Å². The average Bonchev–Trinajstić information content (AvgIpc) is 2.82. The lowest BCUT2D eigenvalue weighted by molar-refractivity contribution is -0.140. The molecule has 3 aromatic carbocycles. The molecule has 0 aliphatic heterocycles. The Hall–Kier alpha value is -3.10. The highest BCUT2D eigenvalue weighted by Gasteiger charge is 2.32. The molecule has 0 bridgehead atoms. The summed E-state index contributed by atoms with van der Waals surface area (Å²) in [6.45, 7) is 5.22.